The van der Waals surface area contributed by atoms with Crippen molar-refractivity contribution >= 4 is 59.6 Å². The average molecular weight is 764 g/mol. The minimum atomic E-state index is -3.74. The van der Waals surface area contributed by atoms with E-state index in [9.17, 15) is 8.42 Å². The summed E-state index contributed by atoms with van der Waals surface area (Å²) in [5, 5.41) is 4.53. The zero-order valence-electron chi connectivity index (χ0n) is 32.4. The van der Waals surface area contributed by atoms with Crippen LogP contribution in [0.15, 0.2) is 166 Å². The molecular formula is C52H45NO3S. The molecular weight excluding hydrogens is 719 g/mol. The van der Waals surface area contributed by atoms with Crippen molar-refractivity contribution in [2.24, 2.45) is 23.7 Å². The lowest BCUT2D eigenvalue weighted by Crippen LogP contribution is -2.54. The average Bonchev–Trinajstić information content (AvgIpc) is 3.62. The summed E-state index contributed by atoms with van der Waals surface area (Å²) in [6, 6.07) is 52.6. The molecule has 4 nitrogen and oxygen atoms in total. The molecule has 3 aliphatic rings. The summed E-state index contributed by atoms with van der Waals surface area (Å²) in [6.07, 6.45) is 5.63. The summed E-state index contributed by atoms with van der Waals surface area (Å²) < 4.78 is 36.0. The summed E-state index contributed by atoms with van der Waals surface area (Å²) >= 11 is 0. The van der Waals surface area contributed by atoms with Gasteiger partial charge in [0.15, 0.2) is 0 Å². The van der Waals surface area contributed by atoms with Gasteiger partial charge in [-0.2, -0.15) is 0 Å². The van der Waals surface area contributed by atoms with E-state index in [0.717, 1.165) is 98.7 Å². The van der Waals surface area contributed by atoms with Gasteiger partial charge >= 0.3 is 0 Å². The van der Waals surface area contributed by atoms with E-state index >= 15 is 0 Å². The molecule has 0 N–H and O–H groups in total. The number of para-hydroxylation sites is 2. The van der Waals surface area contributed by atoms with Crippen molar-refractivity contribution in [2.75, 3.05) is 4.90 Å². The van der Waals surface area contributed by atoms with E-state index in [4.69, 9.17) is 4.42 Å². The number of sulfone groups is 1. The van der Waals surface area contributed by atoms with Gasteiger partial charge in [-0.25, -0.2) is 8.42 Å². The number of anilines is 3. The number of benzene rings is 7. The lowest BCUT2D eigenvalue weighted by Gasteiger charge is -2.59. The van der Waals surface area contributed by atoms with Gasteiger partial charge in [0.05, 0.1) is 9.79 Å². The Hall–Kier alpha value is -5.65. The molecule has 5 heteroatoms. The number of hydrogen-bond donors (Lipinski definition) is 0. The number of furan rings is 1. The molecule has 2 bridgehead atoms. The smallest absolute Gasteiger partial charge is 0.207 e. The van der Waals surface area contributed by atoms with Gasteiger partial charge in [-0.3, -0.25) is 0 Å². The second kappa shape index (κ2) is 12.9. The topological polar surface area (TPSA) is 50.5 Å². The molecule has 57 heavy (non-hydrogen) atoms. The molecule has 2 fully saturated rings. The van der Waals surface area contributed by atoms with E-state index in [1.165, 1.54) is 5.39 Å². The van der Waals surface area contributed by atoms with Crippen molar-refractivity contribution in [3.8, 4) is 11.1 Å². The molecule has 282 valence electrons. The molecule has 1 unspecified atom stereocenters. The van der Waals surface area contributed by atoms with Crippen LogP contribution in [-0.2, 0) is 15.3 Å². The van der Waals surface area contributed by atoms with Crippen LogP contribution in [0.5, 0.6) is 0 Å². The Labute approximate surface area is 334 Å². The standard InChI is InChI=1S/C52H45NO3S/c1-3-34-28-38-26-33(2)27-39(29-34)52(38)46-19-7-9-21-49(46)57(54,55)50-25-24-42(32-47(50)52)53(41-23-22-35-12-4-5-13-36(35)30-41)40-15-10-14-37(31-40)43-17-11-18-45-44-16-6-8-20-48(44)56-51(43)45/h4-25,30-34,38-39H,3,26-29H2,1-2H3/t33-,34+,38+,39-,52?. The van der Waals surface area contributed by atoms with Crippen LogP contribution in [0.1, 0.15) is 57.1 Å². The predicted molar refractivity (Wildman–Crippen MR) is 232 cm³/mol. The normalized spacial score (nSPS) is 23.4. The molecule has 2 aliphatic carbocycles. The van der Waals surface area contributed by atoms with Crippen LogP contribution in [0.25, 0.3) is 43.8 Å². The van der Waals surface area contributed by atoms with E-state index in [1.807, 2.05) is 36.4 Å². The van der Waals surface area contributed by atoms with E-state index in [1.54, 1.807) is 0 Å². The Morgan fingerprint density at radius 1 is 0.614 bits per heavy atom. The number of fused-ring (bicyclic) bond motifs is 6. The maximum atomic E-state index is 14.7. The van der Waals surface area contributed by atoms with Crippen molar-refractivity contribution < 1.29 is 12.8 Å². The van der Waals surface area contributed by atoms with Gasteiger partial charge in [-0.1, -0.05) is 117 Å². The second-order valence-electron chi connectivity index (χ2n) is 17.0. The maximum absolute atomic E-state index is 14.7. The lowest BCUT2D eigenvalue weighted by molar-refractivity contribution is 0.0173. The molecule has 8 aromatic rings. The van der Waals surface area contributed by atoms with Crippen LogP contribution >= 0.6 is 0 Å². The fraction of sp³-hybridized carbons (Fsp3) is 0.231. The van der Waals surface area contributed by atoms with Crippen LogP contribution in [-0.4, -0.2) is 8.42 Å². The van der Waals surface area contributed by atoms with Gasteiger partial charge in [-0.05, 0) is 131 Å². The van der Waals surface area contributed by atoms with Gasteiger partial charge < -0.3 is 9.32 Å². The molecule has 2 heterocycles. The molecule has 0 saturated heterocycles. The number of rotatable bonds is 5. The summed E-state index contributed by atoms with van der Waals surface area (Å²) in [4.78, 5) is 3.31. The monoisotopic (exact) mass is 763 g/mol. The number of hydrogen-bond acceptors (Lipinski definition) is 4. The zero-order chi connectivity index (χ0) is 38.5. The molecule has 1 spiro atoms. The molecule has 7 aromatic carbocycles. The van der Waals surface area contributed by atoms with Crippen LogP contribution < -0.4 is 4.90 Å². The Kier molecular flexibility index (Phi) is 7.85. The second-order valence-corrected chi connectivity index (χ2v) is 18.8. The third-order valence-electron chi connectivity index (χ3n) is 13.9. The van der Waals surface area contributed by atoms with Gasteiger partial charge in [-0.15, -0.1) is 0 Å². The first-order valence-electron chi connectivity index (χ1n) is 20.6. The van der Waals surface area contributed by atoms with E-state index in [2.05, 4.69) is 134 Å². The van der Waals surface area contributed by atoms with Gasteiger partial charge in [0.25, 0.3) is 0 Å². The Morgan fingerprint density at radius 3 is 2.12 bits per heavy atom. The fourth-order valence-electron chi connectivity index (χ4n) is 11.5. The van der Waals surface area contributed by atoms with Crippen molar-refractivity contribution in [3.05, 3.63) is 163 Å². The summed E-state index contributed by atoms with van der Waals surface area (Å²) in [5.74, 6) is 1.98. The first-order chi connectivity index (χ1) is 27.8. The van der Waals surface area contributed by atoms with Crippen LogP contribution in [0.3, 0.4) is 0 Å². The van der Waals surface area contributed by atoms with Crippen molar-refractivity contribution in [1.29, 1.82) is 0 Å². The molecule has 0 radical (unpaired) electrons. The zero-order valence-corrected chi connectivity index (χ0v) is 33.2. The van der Waals surface area contributed by atoms with Crippen molar-refractivity contribution in [3.63, 3.8) is 0 Å². The highest BCUT2D eigenvalue weighted by Gasteiger charge is 2.59. The van der Waals surface area contributed by atoms with E-state index in [-0.39, 0.29) is 5.41 Å². The Morgan fingerprint density at radius 2 is 1.28 bits per heavy atom. The summed E-state index contributed by atoms with van der Waals surface area (Å²) in [7, 11) is -3.74. The first-order valence-corrected chi connectivity index (χ1v) is 22.1. The van der Waals surface area contributed by atoms with E-state index < -0.39 is 9.84 Å². The molecule has 2 saturated carbocycles. The van der Waals surface area contributed by atoms with Gasteiger partial charge in [0.1, 0.15) is 11.2 Å². The molecule has 5 atom stereocenters. The van der Waals surface area contributed by atoms with Gasteiger partial charge in [0, 0.05) is 38.8 Å². The molecule has 11 rings (SSSR count). The van der Waals surface area contributed by atoms with E-state index in [0.29, 0.717) is 33.5 Å². The largest absolute Gasteiger partial charge is 0.455 e. The highest BCUT2D eigenvalue weighted by Crippen LogP contribution is 2.65. The van der Waals surface area contributed by atoms with Gasteiger partial charge in [0.2, 0.25) is 9.84 Å². The van der Waals surface area contributed by atoms with Crippen LogP contribution in [0.2, 0.25) is 0 Å². The van der Waals surface area contributed by atoms with Crippen molar-refractivity contribution in [2.45, 2.75) is 61.2 Å². The lowest BCUT2D eigenvalue weighted by atomic mass is 9.46. The SMILES string of the molecule is CC[C@@H]1C[C@H]2C[C@H](C)C[C@@H](C1)C21c2ccccc2S(=O)(=O)c2ccc(N(c3cccc(-c4cccc5c4oc4ccccc45)c3)c3ccc4ccccc4c3)cc21. The minimum absolute atomic E-state index is 0.359. The Balaban J connectivity index is 1.15. The molecule has 0 amide bonds. The van der Waals surface area contributed by atoms with Crippen molar-refractivity contribution in [1.82, 2.24) is 0 Å². The molecule has 1 aromatic heterocycles. The molecule has 1 aliphatic heterocycles. The van der Waals surface area contributed by atoms with Crippen LogP contribution in [0, 0.1) is 23.7 Å². The van der Waals surface area contributed by atoms with Crippen LogP contribution in [0.4, 0.5) is 17.1 Å². The highest BCUT2D eigenvalue weighted by molar-refractivity contribution is 7.91. The minimum Gasteiger partial charge on any atom is -0.455 e. The summed E-state index contributed by atoms with van der Waals surface area (Å²) in [6.45, 7) is 4.74. The predicted octanol–water partition coefficient (Wildman–Crippen LogP) is 13.8. The Bertz CT molecular complexity index is 2980. The fourth-order valence-corrected chi connectivity index (χ4v) is 13.3. The number of nitrogens with zero attached hydrogens (tertiary/aromatic N) is 1. The third-order valence-corrected chi connectivity index (χ3v) is 15.7. The quantitative estimate of drug-likeness (QED) is 0.175. The third kappa shape index (κ3) is 5.14. The maximum Gasteiger partial charge on any atom is 0.207 e. The highest BCUT2D eigenvalue weighted by atomic mass is 32.2. The summed E-state index contributed by atoms with van der Waals surface area (Å²) in [5.41, 5.74) is 8.43. The first kappa shape index (κ1) is 34.6.